The van der Waals surface area contributed by atoms with E-state index < -0.39 is 16.9 Å². The standard InChI is InChI=1S/C32H25N3O7S/c1-4-41-31(37)28-18(2)33-32-34(29(28)23-11-7-9-19-8-5-6-10-22(19)23)30(36)27(43-32)17-21-13-15-25(42-21)24-14-12-20(35(38)39)16-26(24)40-3/h5-17,29H,4H2,1-3H3/b27-17-/t29-/m1/s1. The Kier molecular flexibility index (Phi) is 7.24. The van der Waals surface area contributed by atoms with Gasteiger partial charge in [-0.3, -0.25) is 19.5 Å². The van der Waals surface area contributed by atoms with Crippen LogP contribution in [0.5, 0.6) is 5.75 Å². The van der Waals surface area contributed by atoms with E-state index >= 15 is 0 Å². The van der Waals surface area contributed by atoms with Crippen LogP contribution in [0.3, 0.4) is 0 Å². The van der Waals surface area contributed by atoms with Crippen LogP contribution in [-0.2, 0) is 9.53 Å². The van der Waals surface area contributed by atoms with Gasteiger partial charge in [0.15, 0.2) is 4.80 Å². The van der Waals surface area contributed by atoms with Gasteiger partial charge in [-0.05, 0) is 48.4 Å². The quantitative estimate of drug-likeness (QED) is 0.145. The van der Waals surface area contributed by atoms with Crippen LogP contribution in [0.15, 0.2) is 98.3 Å². The van der Waals surface area contributed by atoms with Gasteiger partial charge in [0.25, 0.3) is 11.2 Å². The van der Waals surface area contributed by atoms with Crippen LogP contribution in [0, 0.1) is 10.1 Å². The van der Waals surface area contributed by atoms with Gasteiger partial charge in [-0.15, -0.1) is 0 Å². The Balaban J connectivity index is 1.49. The molecule has 11 heteroatoms. The van der Waals surface area contributed by atoms with Crippen molar-refractivity contribution in [3.63, 3.8) is 0 Å². The third kappa shape index (κ3) is 4.93. The number of thiazole rings is 1. The van der Waals surface area contributed by atoms with Crippen molar-refractivity contribution in [1.82, 2.24) is 4.57 Å². The van der Waals surface area contributed by atoms with E-state index in [-0.39, 0.29) is 23.6 Å². The number of benzene rings is 3. The minimum absolute atomic E-state index is 0.105. The Morgan fingerprint density at radius 1 is 1.14 bits per heavy atom. The van der Waals surface area contributed by atoms with Gasteiger partial charge in [-0.1, -0.05) is 53.8 Å². The predicted molar refractivity (Wildman–Crippen MR) is 162 cm³/mol. The topological polar surface area (TPSA) is 126 Å². The fourth-order valence-corrected chi connectivity index (χ4v) is 6.30. The number of methoxy groups -OCH3 is 1. The van der Waals surface area contributed by atoms with Gasteiger partial charge in [0.2, 0.25) is 0 Å². The predicted octanol–water partition coefficient (Wildman–Crippen LogP) is 5.13. The van der Waals surface area contributed by atoms with Crippen molar-refractivity contribution in [2.45, 2.75) is 19.9 Å². The maximum atomic E-state index is 14.0. The van der Waals surface area contributed by atoms with Crippen LogP contribution in [0.4, 0.5) is 5.69 Å². The number of nitrogens with zero attached hydrogens (tertiary/aromatic N) is 3. The van der Waals surface area contributed by atoms with Crippen molar-refractivity contribution in [1.29, 1.82) is 0 Å². The SMILES string of the molecule is CCOC(=O)C1=C(C)N=c2s/c(=C\c3ccc(-c4ccc([N+](=O)[O-])cc4OC)o3)c(=O)n2[C@@H]1c1cccc2ccccc12. The first-order valence-corrected chi connectivity index (χ1v) is 14.2. The number of hydrogen-bond donors (Lipinski definition) is 0. The minimum atomic E-state index is -0.750. The number of hydrogen-bond acceptors (Lipinski definition) is 9. The van der Waals surface area contributed by atoms with E-state index in [1.807, 2.05) is 42.5 Å². The maximum absolute atomic E-state index is 14.0. The zero-order valence-corrected chi connectivity index (χ0v) is 24.2. The summed E-state index contributed by atoms with van der Waals surface area (Å²) in [4.78, 5) is 43.1. The number of non-ortho nitro benzene ring substituents is 1. The highest BCUT2D eigenvalue weighted by molar-refractivity contribution is 7.07. The molecule has 0 saturated carbocycles. The highest BCUT2D eigenvalue weighted by Gasteiger charge is 2.34. The lowest BCUT2D eigenvalue weighted by Crippen LogP contribution is -2.40. The van der Waals surface area contributed by atoms with Crippen LogP contribution in [-0.4, -0.2) is 29.2 Å². The number of ether oxygens (including phenoxy) is 2. The van der Waals surface area contributed by atoms with Crippen molar-refractivity contribution in [3.05, 3.63) is 125 Å². The fraction of sp³-hybridized carbons (Fsp3) is 0.156. The molecular formula is C32H25N3O7S. The van der Waals surface area contributed by atoms with Crippen LogP contribution < -0.4 is 19.6 Å². The molecule has 1 aliphatic heterocycles. The number of aromatic nitrogens is 1. The van der Waals surface area contributed by atoms with E-state index in [9.17, 15) is 19.7 Å². The molecule has 0 unspecified atom stereocenters. The Bertz CT molecular complexity index is 2130. The normalized spacial score (nSPS) is 14.9. The molecule has 1 aliphatic rings. The Morgan fingerprint density at radius 3 is 2.70 bits per heavy atom. The van der Waals surface area contributed by atoms with Gasteiger partial charge in [0.1, 0.15) is 17.3 Å². The van der Waals surface area contributed by atoms with Gasteiger partial charge in [0.05, 0.1) is 52.1 Å². The molecule has 5 aromatic rings. The molecule has 2 aromatic heterocycles. The molecule has 10 nitrogen and oxygen atoms in total. The summed E-state index contributed by atoms with van der Waals surface area (Å²) in [6.45, 7) is 3.67. The lowest BCUT2D eigenvalue weighted by atomic mass is 9.91. The molecule has 0 amide bonds. The van der Waals surface area contributed by atoms with Gasteiger partial charge >= 0.3 is 5.97 Å². The summed E-state index contributed by atoms with van der Waals surface area (Å²) in [5.74, 6) is 0.568. The Hall–Kier alpha value is -5.29. The van der Waals surface area contributed by atoms with E-state index in [2.05, 4.69) is 4.99 Å². The summed E-state index contributed by atoms with van der Waals surface area (Å²) in [5, 5.41) is 13.1. The summed E-state index contributed by atoms with van der Waals surface area (Å²) >= 11 is 1.19. The molecule has 3 heterocycles. The van der Waals surface area contributed by atoms with Gasteiger partial charge in [-0.25, -0.2) is 9.79 Å². The molecule has 0 N–H and O–H groups in total. The summed E-state index contributed by atoms with van der Waals surface area (Å²) < 4.78 is 18.7. The summed E-state index contributed by atoms with van der Waals surface area (Å²) in [6, 6.07) is 20.5. The average Bonchev–Trinajstić information content (AvgIpc) is 3.59. The number of fused-ring (bicyclic) bond motifs is 2. The molecular weight excluding hydrogens is 570 g/mol. The molecule has 0 radical (unpaired) electrons. The molecule has 3 aromatic carbocycles. The third-order valence-corrected chi connectivity index (χ3v) is 8.18. The highest BCUT2D eigenvalue weighted by atomic mass is 32.1. The van der Waals surface area contributed by atoms with E-state index in [1.54, 1.807) is 42.7 Å². The maximum Gasteiger partial charge on any atom is 0.338 e. The molecule has 0 fully saturated rings. The van der Waals surface area contributed by atoms with Gasteiger partial charge in [0, 0.05) is 12.1 Å². The van der Waals surface area contributed by atoms with Crippen LogP contribution >= 0.6 is 11.3 Å². The van der Waals surface area contributed by atoms with Gasteiger partial charge < -0.3 is 13.9 Å². The highest BCUT2D eigenvalue weighted by Crippen LogP contribution is 2.36. The number of nitro groups is 1. The van der Waals surface area contributed by atoms with Crippen molar-refractivity contribution in [2.75, 3.05) is 13.7 Å². The number of carbonyl (C=O) groups excluding carboxylic acids is 1. The smallest absolute Gasteiger partial charge is 0.338 e. The molecule has 6 rings (SSSR count). The Morgan fingerprint density at radius 2 is 1.93 bits per heavy atom. The van der Waals surface area contributed by atoms with Crippen molar-refractivity contribution >= 4 is 39.8 Å². The molecule has 0 spiro atoms. The zero-order chi connectivity index (χ0) is 30.2. The summed E-state index contributed by atoms with van der Waals surface area (Å²) in [5.41, 5.74) is 1.67. The van der Waals surface area contributed by atoms with Crippen LogP contribution in [0.2, 0.25) is 0 Å². The van der Waals surface area contributed by atoms with Gasteiger partial charge in [-0.2, -0.15) is 0 Å². The molecule has 0 aliphatic carbocycles. The lowest BCUT2D eigenvalue weighted by molar-refractivity contribution is -0.384. The fourth-order valence-electron chi connectivity index (χ4n) is 5.28. The van der Waals surface area contributed by atoms with Crippen molar-refractivity contribution in [3.8, 4) is 17.1 Å². The third-order valence-electron chi connectivity index (χ3n) is 7.20. The largest absolute Gasteiger partial charge is 0.496 e. The molecule has 216 valence electrons. The summed E-state index contributed by atoms with van der Waals surface area (Å²) in [7, 11) is 1.42. The number of carbonyl (C=O) groups is 1. The first kappa shape index (κ1) is 27.9. The van der Waals surface area contributed by atoms with Crippen LogP contribution in [0.1, 0.15) is 31.2 Å². The number of rotatable bonds is 7. The summed E-state index contributed by atoms with van der Waals surface area (Å²) in [6.07, 6.45) is 1.62. The Labute approximate surface area is 248 Å². The minimum Gasteiger partial charge on any atom is -0.496 e. The average molecular weight is 596 g/mol. The number of furan rings is 1. The first-order valence-electron chi connectivity index (χ1n) is 13.4. The van der Waals surface area contributed by atoms with Crippen molar-refractivity contribution < 1.29 is 23.6 Å². The number of nitro benzene ring substituents is 1. The zero-order valence-electron chi connectivity index (χ0n) is 23.4. The van der Waals surface area contributed by atoms with E-state index in [1.165, 1.54) is 30.6 Å². The number of allylic oxidation sites excluding steroid dienone is 1. The van der Waals surface area contributed by atoms with Crippen LogP contribution in [0.25, 0.3) is 28.2 Å². The van der Waals surface area contributed by atoms with E-state index in [4.69, 9.17) is 13.9 Å². The second-order valence-corrected chi connectivity index (χ2v) is 10.7. The lowest BCUT2D eigenvalue weighted by Gasteiger charge is -2.25. The van der Waals surface area contributed by atoms with E-state index in [0.717, 1.165) is 16.3 Å². The molecule has 43 heavy (non-hydrogen) atoms. The second kappa shape index (κ2) is 11.2. The molecule has 1 atom stereocenters. The van der Waals surface area contributed by atoms with Crippen molar-refractivity contribution in [2.24, 2.45) is 4.99 Å². The first-order chi connectivity index (χ1) is 20.8. The van der Waals surface area contributed by atoms with E-state index in [0.29, 0.717) is 37.7 Å². The molecule has 0 saturated heterocycles. The second-order valence-electron chi connectivity index (χ2n) is 9.71. The molecule has 0 bridgehead atoms. The monoisotopic (exact) mass is 595 g/mol. The number of esters is 1.